The Morgan fingerprint density at radius 3 is 2.11 bits per heavy atom. The SMILES string of the molecule is Cc1nnc2ccc(N3CCN(c4ccc(-c5ccccc5)nn4)CC3)nn12. The largest absolute Gasteiger partial charge is 0.352 e. The van der Waals surface area contributed by atoms with Crippen molar-refractivity contribution in [1.29, 1.82) is 0 Å². The molecule has 8 heteroatoms. The van der Waals surface area contributed by atoms with Crippen LogP contribution in [0.1, 0.15) is 5.82 Å². The molecular weight excluding hydrogens is 352 g/mol. The molecule has 0 N–H and O–H groups in total. The maximum Gasteiger partial charge on any atom is 0.178 e. The van der Waals surface area contributed by atoms with Gasteiger partial charge >= 0.3 is 0 Å². The number of aromatic nitrogens is 6. The van der Waals surface area contributed by atoms with E-state index in [0.717, 1.165) is 60.5 Å². The monoisotopic (exact) mass is 372 g/mol. The summed E-state index contributed by atoms with van der Waals surface area (Å²) in [6, 6.07) is 18.2. The molecule has 1 saturated heterocycles. The lowest BCUT2D eigenvalue weighted by Crippen LogP contribution is -2.47. The van der Waals surface area contributed by atoms with Gasteiger partial charge in [0.2, 0.25) is 0 Å². The van der Waals surface area contributed by atoms with Crippen LogP contribution in [0, 0.1) is 6.92 Å². The zero-order valence-electron chi connectivity index (χ0n) is 15.6. The van der Waals surface area contributed by atoms with Crippen LogP contribution < -0.4 is 9.80 Å². The van der Waals surface area contributed by atoms with Crippen LogP contribution in [0.4, 0.5) is 11.6 Å². The minimum Gasteiger partial charge on any atom is -0.352 e. The van der Waals surface area contributed by atoms with Crippen molar-refractivity contribution in [1.82, 2.24) is 30.0 Å². The van der Waals surface area contributed by atoms with Gasteiger partial charge in [0.15, 0.2) is 17.3 Å². The summed E-state index contributed by atoms with van der Waals surface area (Å²) in [5, 5.41) is 21.7. The van der Waals surface area contributed by atoms with Crippen LogP contribution in [0.5, 0.6) is 0 Å². The molecule has 0 amide bonds. The second kappa shape index (κ2) is 6.88. The molecule has 1 fully saturated rings. The van der Waals surface area contributed by atoms with Crippen LogP contribution in [0.25, 0.3) is 16.9 Å². The Balaban J connectivity index is 1.28. The van der Waals surface area contributed by atoms with Gasteiger partial charge in [0.05, 0.1) is 5.69 Å². The van der Waals surface area contributed by atoms with Gasteiger partial charge in [-0.25, -0.2) is 0 Å². The number of fused-ring (bicyclic) bond motifs is 1. The third-order valence-corrected chi connectivity index (χ3v) is 5.05. The third-order valence-electron chi connectivity index (χ3n) is 5.05. The van der Waals surface area contributed by atoms with Gasteiger partial charge in [0.25, 0.3) is 0 Å². The van der Waals surface area contributed by atoms with Gasteiger partial charge in [-0.3, -0.25) is 0 Å². The lowest BCUT2D eigenvalue weighted by molar-refractivity contribution is 0.632. The molecule has 8 nitrogen and oxygen atoms in total. The van der Waals surface area contributed by atoms with E-state index >= 15 is 0 Å². The molecule has 1 aromatic carbocycles. The summed E-state index contributed by atoms with van der Waals surface area (Å²) < 4.78 is 1.79. The van der Waals surface area contributed by atoms with Crippen molar-refractivity contribution in [2.45, 2.75) is 6.92 Å². The Morgan fingerprint density at radius 1 is 0.679 bits per heavy atom. The normalized spacial score (nSPS) is 14.6. The Bertz CT molecular complexity index is 1080. The van der Waals surface area contributed by atoms with Crippen molar-refractivity contribution < 1.29 is 0 Å². The Morgan fingerprint density at radius 2 is 1.39 bits per heavy atom. The number of nitrogens with zero attached hydrogens (tertiary/aromatic N) is 8. The van der Waals surface area contributed by atoms with Crippen LogP contribution in [-0.2, 0) is 0 Å². The van der Waals surface area contributed by atoms with Gasteiger partial charge < -0.3 is 9.80 Å². The number of piperazine rings is 1. The van der Waals surface area contributed by atoms with E-state index in [1.54, 1.807) is 4.52 Å². The first-order valence-corrected chi connectivity index (χ1v) is 9.36. The van der Waals surface area contributed by atoms with Crippen LogP contribution in [0.2, 0.25) is 0 Å². The minimum atomic E-state index is 0.772. The van der Waals surface area contributed by atoms with Crippen molar-refractivity contribution in [3.63, 3.8) is 0 Å². The zero-order chi connectivity index (χ0) is 18.9. The standard InChI is InChI=1S/C20H20N8/c1-15-21-24-19-9-10-20(25-28(15)19)27-13-11-26(12-14-27)18-8-7-17(22-23-18)16-5-3-2-4-6-16/h2-10H,11-14H2,1H3. The van der Waals surface area contributed by atoms with Gasteiger partial charge in [0, 0.05) is 31.7 Å². The van der Waals surface area contributed by atoms with Gasteiger partial charge in [-0.05, 0) is 31.2 Å². The van der Waals surface area contributed by atoms with E-state index in [1.807, 2.05) is 55.5 Å². The highest BCUT2D eigenvalue weighted by Gasteiger charge is 2.20. The number of anilines is 2. The predicted octanol–water partition coefficient (Wildman–Crippen LogP) is 2.22. The lowest BCUT2D eigenvalue weighted by atomic mass is 10.1. The Kier molecular flexibility index (Phi) is 4.08. The van der Waals surface area contributed by atoms with Crippen molar-refractivity contribution in [3.8, 4) is 11.3 Å². The Labute approximate surface area is 162 Å². The van der Waals surface area contributed by atoms with Gasteiger partial charge in [0.1, 0.15) is 5.82 Å². The molecule has 5 rings (SSSR count). The minimum absolute atomic E-state index is 0.772. The first kappa shape index (κ1) is 16.6. The van der Waals surface area contributed by atoms with Crippen molar-refractivity contribution >= 4 is 17.3 Å². The summed E-state index contributed by atoms with van der Waals surface area (Å²) >= 11 is 0. The summed E-state index contributed by atoms with van der Waals surface area (Å²) in [5.41, 5.74) is 2.75. The molecule has 0 bridgehead atoms. The average molecular weight is 372 g/mol. The smallest absolute Gasteiger partial charge is 0.178 e. The van der Waals surface area contributed by atoms with E-state index in [1.165, 1.54) is 0 Å². The molecule has 1 aliphatic heterocycles. The molecule has 140 valence electrons. The molecule has 28 heavy (non-hydrogen) atoms. The molecular formula is C20H20N8. The van der Waals surface area contributed by atoms with E-state index in [2.05, 4.69) is 41.4 Å². The first-order chi connectivity index (χ1) is 13.8. The molecule has 0 saturated carbocycles. The van der Waals surface area contributed by atoms with E-state index < -0.39 is 0 Å². The van der Waals surface area contributed by atoms with E-state index in [9.17, 15) is 0 Å². The van der Waals surface area contributed by atoms with Crippen molar-refractivity contribution in [2.75, 3.05) is 36.0 Å². The summed E-state index contributed by atoms with van der Waals surface area (Å²) in [4.78, 5) is 4.54. The Hall–Kier alpha value is -3.55. The van der Waals surface area contributed by atoms with Crippen LogP contribution >= 0.6 is 0 Å². The highest BCUT2D eigenvalue weighted by atomic mass is 15.4. The van der Waals surface area contributed by atoms with Crippen LogP contribution in [0.15, 0.2) is 54.6 Å². The summed E-state index contributed by atoms with van der Waals surface area (Å²) in [5.74, 6) is 2.65. The number of hydrogen-bond acceptors (Lipinski definition) is 7. The molecule has 0 spiro atoms. The number of hydrogen-bond donors (Lipinski definition) is 0. The van der Waals surface area contributed by atoms with E-state index in [0.29, 0.717) is 0 Å². The molecule has 0 aliphatic carbocycles. The molecule has 0 atom stereocenters. The highest BCUT2D eigenvalue weighted by Crippen LogP contribution is 2.20. The second-order valence-electron chi connectivity index (χ2n) is 6.83. The molecule has 0 unspecified atom stereocenters. The fraction of sp³-hybridized carbons (Fsp3) is 0.250. The highest BCUT2D eigenvalue weighted by molar-refractivity contribution is 5.59. The van der Waals surface area contributed by atoms with Gasteiger partial charge in [-0.1, -0.05) is 30.3 Å². The van der Waals surface area contributed by atoms with Crippen molar-refractivity contribution in [3.05, 3.63) is 60.4 Å². The third kappa shape index (κ3) is 3.02. The fourth-order valence-electron chi connectivity index (χ4n) is 3.48. The van der Waals surface area contributed by atoms with Crippen molar-refractivity contribution in [2.24, 2.45) is 0 Å². The number of aryl methyl sites for hydroxylation is 1. The van der Waals surface area contributed by atoms with Crippen LogP contribution in [-0.4, -0.2) is 56.2 Å². The molecule has 1 aliphatic rings. The van der Waals surface area contributed by atoms with Gasteiger partial charge in [-0.2, -0.15) is 4.52 Å². The van der Waals surface area contributed by atoms with Crippen LogP contribution in [0.3, 0.4) is 0 Å². The average Bonchev–Trinajstić information content (AvgIpc) is 3.15. The predicted molar refractivity (Wildman–Crippen MR) is 107 cm³/mol. The number of rotatable bonds is 3. The summed E-state index contributed by atoms with van der Waals surface area (Å²) in [7, 11) is 0. The second-order valence-corrected chi connectivity index (χ2v) is 6.83. The topological polar surface area (TPSA) is 75.3 Å². The molecule has 0 radical (unpaired) electrons. The quantitative estimate of drug-likeness (QED) is 0.546. The summed E-state index contributed by atoms with van der Waals surface area (Å²) in [6.45, 7) is 5.41. The maximum absolute atomic E-state index is 4.67. The van der Waals surface area contributed by atoms with E-state index in [4.69, 9.17) is 0 Å². The van der Waals surface area contributed by atoms with Gasteiger partial charge in [-0.15, -0.1) is 25.5 Å². The summed E-state index contributed by atoms with van der Waals surface area (Å²) in [6.07, 6.45) is 0. The maximum atomic E-state index is 4.67. The molecule has 3 aromatic heterocycles. The first-order valence-electron chi connectivity index (χ1n) is 9.36. The number of benzene rings is 1. The zero-order valence-corrected chi connectivity index (χ0v) is 15.6. The van der Waals surface area contributed by atoms with E-state index in [-0.39, 0.29) is 0 Å². The molecule has 4 heterocycles. The lowest BCUT2D eigenvalue weighted by Gasteiger charge is -2.35. The molecule has 4 aromatic rings. The fourth-order valence-corrected chi connectivity index (χ4v) is 3.48.